The molecular formula is C15H26O3S. The van der Waals surface area contributed by atoms with E-state index in [4.69, 9.17) is 0 Å². The van der Waals surface area contributed by atoms with Crippen LogP contribution in [-0.4, -0.2) is 25.2 Å². The Bertz CT molecular complexity index is 407. The van der Waals surface area contributed by atoms with Gasteiger partial charge in [-0.2, -0.15) is 0 Å². The Morgan fingerprint density at radius 2 is 1.68 bits per heavy atom. The molecule has 2 unspecified atom stereocenters. The van der Waals surface area contributed by atoms with E-state index in [0.717, 1.165) is 51.4 Å². The van der Waals surface area contributed by atoms with Gasteiger partial charge in [-0.3, -0.25) is 4.79 Å². The van der Waals surface area contributed by atoms with Gasteiger partial charge < -0.3 is 0 Å². The van der Waals surface area contributed by atoms with E-state index in [2.05, 4.69) is 6.92 Å². The van der Waals surface area contributed by atoms with Crippen LogP contribution in [0, 0.1) is 11.8 Å². The molecule has 0 radical (unpaired) electrons. The van der Waals surface area contributed by atoms with Crippen LogP contribution in [0.15, 0.2) is 0 Å². The Hall–Kier alpha value is -0.380. The Morgan fingerprint density at radius 1 is 1.00 bits per heavy atom. The molecule has 0 saturated heterocycles. The van der Waals surface area contributed by atoms with Crippen molar-refractivity contribution in [1.29, 1.82) is 0 Å². The molecule has 0 amide bonds. The largest absolute Gasteiger partial charge is 0.298 e. The molecule has 0 aliphatic heterocycles. The molecule has 0 heterocycles. The summed E-state index contributed by atoms with van der Waals surface area (Å²) < 4.78 is 24.7. The maximum absolute atomic E-state index is 12.4. The van der Waals surface area contributed by atoms with Gasteiger partial charge in [-0.1, -0.05) is 39.0 Å². The van der Waals surface area contributed by atoms with Gasteiger partial charge in [-0.05, 0) is 31.6 Å². The van der Waals surface area contributed by atoms with E-state index in [1.807, 2.05) is 0 Å². The monoisotopic (exact) mass is 286 g/mol. The van der Waals surface area contributed by atoms with Crippen molar-refractivity contribution in [3.8, 4) is 0 Å². The highest BCUT2D eigenvalue weighted by Crippen LogP contribution is 2.30. The number of hydrogen-bond donors (Lipinski definition) is 0. The molecular weight excluding hydrogens is 260 g/mol. The predicted molar refractivity (Wildman–Crippen MR) is 76.8 cm³/mol. The van der Waals surface area contributed by atoms with Crippen LogP contribution in [0.25, 0.3) is 0 Å². The highest BCUT2D eigenvalue weighted by atomic mass is 32.2. The first-order chi connectivity index (χ1) is 8.99. The SMILES string of the molecule is CC1CCCC(S(=O)(=O)CC(=O)C2CCCCC2)C1. The summed E-state index contributed by atoms with van der Waals surface area (Å²) in [5.41, 5.74) is 0. The fraction of sp³-hybridized carbons (Fsp3) is 0.933. The number of ketones is 1. The van der Waals surface area contributed by atoms with Gasteiger partial charge in [0.1, 0.15) is 5.75 Å². The zero-order chi connectivity index (χ0) is 13.9. The first-order valence-corrected chi connectivity index (χ1v) is 9.45. The number of Topliss-reactive ketones (excluding diaryl/α,β-unsaturated/α-hetero) is 1. The molecule has 4 heteroatoms. The summed E-state index contributed by atoms with van der Waals surface area (Å²) in [6.45, 7) is 2.12. The number of rotatable bonds is 4. The van der Waals surface area contributed by atoms with E-state index in [1.165, 1.54) is 6.42 Å². The number of sulfone groups is 1. The maximum Gasteiger partial charge on any atom is 0.160 e. The molecule has 2 aliphatic rings. The van der Waals surface area contributed by atoms with Gasteiger partial charge in [0.05, 0.1) is 5.25 Å². The van der Waals surface area contributed by atoms with E-state index < -0.39 is 9.84 Å². The van der Waals surface area contributed by atoms with Crippen LogP contribution in [-0.2, 0) is 14.6 Å². The first kappa shape index (κ1) is 15.0. The summed E-state index contributed by atoms with van der Waals surface area (Å²) >= 11 is 0. The summed E-state index contributed by atoms with van der Waals surface area (Å²) in [7, 11) is -3.21. The summed E-state index contributed by atoms with van der Waals surface area (Å²) in [4.78, 5) is 12.2. The molecule has 2 saturated carbocycles. The van der Waals surface area contributed by atoms with Crippen molar-refractivity contribution in [2.75, 3.05) is 5.75 Å². The van der Waals surface area contributed by atoms with Crippen LogP contribution >= 0.6 is 0 Å². The molecule has 0 N–H and O–H groups in total. The molecule has 110 valence electrons. The van der Waals surface area contributed by atoms with Gasteiger partial charge in [0, 0.05) is 5.92 Å². The number of hydrogen-bond acceptors (Lipinski definition) is 3. The fourth-order valence-electron chi connectivity index (χ4n) is 3.56. The molecule has 2 aliphatic carbocycles. The van der Waals surface area contributed by atoms with Crippen molar-refractivity contribution in [2.45, 2.75) is 70.0 Å². The minimum absolute atomic E-state index is 0.0158. The van der Waals surface area contributed by atoms with Crippen molar-refractivity contribution in [3.05, 3.63) is 0 Å². The topological polar surface area (TPSA) is 51.2 Å². The van der Waals surface area contributed by atoms with Gasteiger partial charge in [-0.15, -0.1) is 0 Å². The maximum atomic E-state index is 12.4. The summed E-state index contributed by atoms with van der Waals surface area (Å²) in [5, 5.41) is -0.260. The molecule has 2 rings (SSSR count). The fourth-order valence-corrected chi connectivity index (χ4v) is 5.58. The molecule has 0 bridgehead atoms. The van der Waals surface area contributed by atoms with E-state index in [0.29, 0.717) is 5.92 Å². The second-order valence-electron chi connectivity index (χ2n) is 6.50. The van der Waals surface area contributed by atoms with Crippen molar-refractivity contribution < 1.29 is 13.2 Å². The predicted octanol–water partition coefficient (Wildman–Crippen LogP) is 3.13. The van der Waals surface area contributed by atoms with Crippen LogP contribution in [0.3, 0.4) is 0 Å². The van der Waals surface area contributed by atoms with Crippen molar-refractivity contribution in [1.82, 2.24) is 0 Å². The zero-order valence-electron chi connectivity index (χ0n) is 11.9. The summed E-state index contributed by atoms with van der Waals surface area (Å²) in [6, 6.07) is 0. The lowest BCUT2D eigenvalue weighted by molar-refractivity contribution is -0.121. The molecule has 19 heavy (non-hydrogen) atoms. The minimum Gasteiger partial charge on any atom is -0.298 e. The second-order valence-corrected chi connectivity index (χ2v) is 8.78. The van der Waals surface area contributed by atoms with Crippen LogP contribution in [0.5, 0.6) is 0 Å². The van der Waals surface area contributed by atoms with E-state index >= 15 is 0 Å². The number of carbonyl (C=O) groups excluding carboxylic acids is 1. The van der Waals surface area contributed by atoms with Gasteiger partial charge in [-0.25, -0.2) is 8.42 Å². The normalized spacial score (nSPS) is 30.2. The smallest absolute Gasteiger partial charge is 0.160 e. The molecule has 0 spiro atoms. The highest BCUT2D eigenvalue weighted by Gasteiger charge is 2.33. The molecule has 2 fully saturated rings. The number of carbonyl (C=O) groups is 1. The first-order valence-electron chi connectivity index (χ1n) is 7.73. The van der Waals surface area contributed by atoms with Crippen molar-refractivity contribution in [3.63, 3.8) is 0 Å². The van der Waals surface area contributed by atoms with Crippen molar-refractivity contribution in [2.24, 2.45) is 11.8 Å². The van der Waals surface area contributed by atoms with Gasteiger partial charge >= 0.3 is 0 Å². The highest BCUT2D eigenvalue weighted by molar-refractivity contribution is 7.92. The third-order valence-corrected chi connectivity index (χ3v) is 6.93. The quantitative estimate of drug-likeness (QED) is 0.798. The molecule has 0 aromatic carbocycles. The standard InChI is InChI=1S/C15H26O3S/c1-12-6-5-9-14(10-12)19(17,18)11-15(16)13-7-3-2-4-8-13/h12-14H,2-11H2,1H3. The third kappa shape index (κ3) is 4.04. The molecule has 0 aromatic heterocycles. The van der Waals surface area contributed by atoms with Gasteiger partial charge in [0.2, 0.25) is 0 Å². The second kappa shape index (κ2) is 6.38. The Kier molecular flexibility index (Phi) is 5.04. The molecule has 0 aromatic rings. The minimum atomic E-state index is -3.21. The Morgan fingerprint density at radius 3 is 2.32 bits per heavy atom. The lowest BCUT2D eigenvalue weighted by Crippen LogP contribution is -2.34. The molecule has 3 nitrogen and oxygen atoms in total. The Balaban J connectivity index is 1.94. The zero-order valence-corrected chi connectivity index (χ0v) is 12.8. The Labute approximate surface area is 117 Å². The average Bonchev–Trinajstić information content (AvgIpc) is 2.39. The lowest BCUT2D eigenvalue weighted by Gasteiger charge is -2.27. The summed E-state index contributed by atoms with van der Waals surface area (Å²) in [5.74, 6) is 0.287. The van der Waals surface area contributed by atoms with Gasteiger partial charge in [0.15, 0.2) is 15.6 Å². The van der Waals surface area contributed by atoms with Crippen LogP contribution in [0.1, 0.15) is 64.7 Å². The van der Waals surface area contributed by atoms with Gasteiger partial charge in [0.25, 0.3) is 0 Å². The van der Waals surface area contributed by atoms with E-state index in [-0.39, 0.29) is 22.7 Å². The average molecular weight is 286 g/mol. The van der Waals surface area contributed by atoms with E-state index in [9.17, 15) is 13.2 Å². The molecule has 2 atom stereocenters. The van der Waals surface area contributed by atoms with Crippen LogP contribution < -0.4 is 0 Å². The van der Waals surface area contributed by atoms with Crippen LogP contribution in [0.2, 0.25) is 0 Å². The third-order valence-electron chi connectivity index (χ3n) is 4.80. The summed E-state index contributed by atoms with van der Waals surface area (Å²) in [6.07, 6.45) is 8.77. The van der Waals surface area contributed by atoms with Crippen LogP contribution in [0.4, 0.5) is 0 Å². The van der Waals surface area contributed by atoms with E-state index in [1.54, 1.807) is 0 Å². The lowest BCUT2D eigenvalue weighted by atomic mass is 9.87. The van der Waals surface area contributed by atoms with Crippen molar-refractivity contribution >= 4 is 15.6 Å².